The first-order chi connectivity index (χ1) is 68.8. The van der Waals surface area contributed by atoms with Crippen molar-refractivity contribution < 1.29 is 192 Å². The second-order valence-corrected chi connectivity index (χ2v) is 32.8. The Labute approximate surface area is 816 Å². The molecule has 0 saturated carbocycles. The van der Waals surface area contributed by atoms with Gasteiger partial charge in [-0.25, -0.2) is 28.9 Å². The zero-order valence-corrected chi connectivity index (χ0v) is 75.2. The Kier molecular flexibility index (Phi) is 30.0. The van der Waals surface area contributed by atoms with Crippen LogP contribution in [0, 0.1) is 13.8 Å². The number of aryl methyl sites for hydroxylation is 2. The van der Waals surface area contributed by atoms with Crippen LogP contribution in [0.5, 0.6) is 23.0 Å². The molecule has 768 valence electrons. The molecule has 22 nitrogen and oxygen atoms in total. The van der Waals surface area contributed by atoms with Gasteiger partial charge < -0.3 is 35.5 Å². The van der Waals surface area contributed by atoms with E-state index in [2.05, 4.69) is 9.47 Å². The maximum Gasteiger partial charge on any atom is 0.411 e. The average Bonchev–Trinajstić information content (AvgIpc) is 1.34. The molecule has 0 aromatic heterocycles. The number of imide groups is 2. The fourth-order valence-electron chi connectivity index (χ4n) is 16.8. The van der Waals surface area contributed by atoms with Crippen LogP contribution in [0.1, 0.15) is 188 Å². The number of nitrogens with zero attached hydrogens (tertiary/aromatic N) is 2. The molecule has 0 saturated heterocycles. The Morgan fingerprint density at radius 3 is 0.912 bits per heavy atom. The summed E-state index contributed by atoms with van der Waals surface area (Å²) in [6, 6.07) is 39.5. The minimum absolute atomic E-state index is 0.0595. The number of aromatic carboxylic acids is 1. The lowest BCUT2D eigenvalue weighted by molar-refractivity contribution is -0.290. The number of hydrogen-bond acceptors (Lipinski definition) is 19. The van der Waals surface area contributed by atoms with E-state index in [4.69, 9.17) is 30.5 Å². The standard InChI is InChI=1S/C37H26F12O4.C33H20F6N2O5.C16H6O7.C15H12F6N2.CO2/c1-3-29(50)27-17-16-26(19-28(27)31(52)53)33(36(44,45)46,37(47,48)49)25-14-8-22(9-15-25)30(51)18-21-6-12-24(13-7-21)32(34(38,39)40,35(41,42)43)23-10-4-20(2)5-11-23;1-17-3-5-18(6-4-17)31(32(34,35)36,33(37,38)39)19-7-9-20(10-8-19)41-29(44)24-14-12-22(16-26(24)30(41)45)46-21-11-13-23-25(15-21)28(43)40(2)27(23)42;17-13-9-3-1-7(5-11(9)15(19)22-13)21-8-2-4-10-12(6-8)16(20)23-14(10)18;16-14(17,18)13(15(19,20)21,9-1-5-11(22)6-2-9)10-3-7-12(23)8-4-10;2-1-3/h4-17,19H,3,18H2,1-2H3,(H,52,53);3-16H,1-2H3;1-6H;1-8H,22-23H2;. The van der Waals surface area contributed by atoms with E-state index in [-0.39, 0.29) is 109 Å². The number of Topliss-reactive ketones (excluding diaryl/α,β-unsaturated/α-hetero) is 2. The zero-order chi connectivity index (χ0) is 110. The number of carboxylic acids is 1. The molecule has 4 aliphatic rings. The number of cyclic esters (lactones) is 4. The van der Waals surface area contributed by atoms with Crippen LogP contribution in [0.2, 0.25) is 0 Å². The van der Waals surface area contributed by atoms with Crippen LogP contribution >= 0.6 is 0 Å². The number of hydrogen-bond donors (Lipinski definition) is 3. The Hall–Kier alpha value is -17.1. The second kappa shape index (κ2) is 40.5. The first-order valence-corrected chi connectivity index (χ1v) is 42.1. The van der Waals surface area contributed by atoms with Gasteiger partial charge in [-0.3, -0.25) is 33.7 Å². The van der Waals surface area contributed by atoms with Crippen molar-refractivity contribution in [1.29, 1.82) is 0 Å². The number of halogens is 24. The highest BCUT2D eigenvalue weighted by Crippen LogP contribution is 2.62. The predicted octanol–water partition coefficient (Wildman–Crippen LogP) is 23.5. The number of ether oxygens (including phenoxy) is 4. The lowest BCUT2D eigenvalue weighted by atomic mass is 9.72. The number of amides is 4. The quantitative estimate of drug-likeness (QED) is 0.0169. The highest BCUT2D eigenvalue weighted by atomic mass is 19.4. The van der Waals surface area contributed by atoms with E-state index in [1.165, 1.54) is 101 Å². The van der Waals surface area contributed by atoms with Gasteiger partial charge in [0.2, 0.25) is 21.7 Å². The minimum Gasteiger partial charge on any atom is -0.478 e. The molecule has 0 atom stereocenters. The molecule has 0 spiro atoms. The number of nitrogens with two attached hydrogens (primary N) is 2. The van der Waals surface area contributed by atoms with Crippen molar-refractivity contribution in [3.63, 3.8) is 0 Å². The van der Waals surface area contributed by atoms with Crippen molar-refractivity contribution in [2.45, 2.75) is 105 Å². The fourth-order valence-corrected chi connectivity index (χ4v) is 16.8. The van der Waals surface area contributed by atoms with Crippen LogP contribution in [0.4, 0.5) is 122 Å². The molecule has 0 aliphatic carbocycles. The van der Waals surface area contributed by atoms with Gasteiger partial charge >= 0.3 is 85.4 Å². The van der Waals surface area contributed by atoms with E-state index in [1.54, 1.807) is 0 Å². The third kappa shape index (κ3) is 20.1. The molecule has 0 bridgehead atoms. The van der Waals surface area contributed by atoms with Crippen molar-refractivity contribution in [3.05, 3.63) is 383 Å². The average molecular weight is 2090 g/mol. The first-order valence-electron chi connectivity index (χ1n) is 42.1. The Morgan fingerprint density at radius 1 is 0.318 bits per heavy atom. The highest BCUT2D eigenvalue weighted by Gasteiger charge is 2.76. The van der Waals surface area contributed by atoms with Gasteiger partial charge in [-0.1, -0.05) is 164 Å². The molecule has 16 rings (SSSR count). The molecule has 5 N–H and O–H groups in total. The molecule has 0 radical (unpaired) electrons. The Morgan fingerprint density at radius 2 is 0.581 bits per heavy atom. The number of anilines is 3. The smallest absolute Gasteiger partial charge is 0.411 e. The van der Waals surface area contributed by atoms with E-state index in [0.29, 0.717) is 88.8 Å². The molecular formula is C102H64F24N4O18. The summed E-state index contributed by atoms with van der Waals surface area (Å²) in [5.41, 5.74) is -17.5. The van der Waals surface area contributed by atoms with Gasteiger partial charge in [-0.2, -0.15) is 115 Å². The number of alkyl halides is 24. The van der Waals surface area contributed by atoms with Gasteiger partial charge in [0.1, 0.15) is 23.0 Å². The van der Waals surface area contributed by atoms with Crippen LogP contribution in [0.3, 0.4) is 0 Å². The maximum absolute atomic E-state index is 14.7. The Balaban J connectivity index is 0.000000184. The van der Waals surface area contributed by atoms with Crippen molar-refractivity contribution in [3.8, 4) is 23.0 Å². The zero-order valence-electron chi connectivity index (χ0n) is 75.2. The summed E-state index contributed by atoms with van der Waals surface area (Å²) in [5, 5.41) is 9.53. The van der Waals surface area contributed by atoms with Crippen molar-refractivity contribution >= 4 is 88.3 Å². The van der Waals surface area contributed by atoms with Crippen molar-refractivity contribution in [2.24, 2.45) is 0 Å². The number of carbonyl (C=O) groups excluding carboxylic acids is 12. The largest absolute Gasteiger partial charge is 0.478 e. The number of carbonyl (C=O) groups is 11. The number of benzene rings is 12. The third-order valence-electron chi connectivity index (χ3n) is 23.9. The highest BCUT2D eigenvalue weighted by molar-refractivity contribution is 6.34. The molecule has 0 unspecified atom stereocenters. The summed E-state index contributed by atoms with van der Waals surface area (Å²) in [7, 11) is 1.33. The van der Waals surface area contributed by atoms with Crippen LogP contribution in [0.15, 0.2) is 261 Å². The van der Waals surface area contributed by atoms with E-state index >= 15 is 0 Å². The second-order valence-electron chi connectivity index (χ2n) is 32.8. The van der Waals surface area contributed by atoms with Crippen molar-refractivity contribution in [1.82, 2.24) is 4.90 Å². The van der Waals surface area contributed by atoms with Gasteiger partial charge in [0.25, 0.3) is 23.6 Å². The fraction of sp³-hybridized carbons (Fsp3) is 0.176. The Bertz CT molecular complexity index is 7120. The molecule has 4 heterocycles. The monoisotopic (exact) mass is 2090 g/mol. The normalized spacial score (nSPS) is 13.8. The van der Waals surface area contributed by atoms with E-state index in [1.807, 2.05) is 0 Å². The van der Waals surface area contributed by atoms with Crippen LogP contribution in [-0.2, 0) is 47.1 Å². The van der Waals surface area contributed by atoms with Gasteiger partial charge in [-0.05, 0) is 179 Å². The topological polar surface area (TPSA) is 338 Å². The molecule has 4 amide bonds. The van der Waals surface area contributed by atoms with Gasteiger partial charge in [0, 0.05) is 42.4 Å². The van der Waals surface area contributed by atoms with Crippen LogP contribution < -0.4 is 25.8 Å². The number of carboxylic acid groups (broad SMARTS) is 1. The summed E-state index contributed by atoms with van der Waals surface area (Å²) in [6.45, 7) is 4.28. The SMILES string of the molecule is CCC(=O)c1ccc(C(c2ccc(C(=O)Cc3ccc(C(c4ccc(C)cc4)(C(F)(F)F)C(F)(F)F)cc3)cc2)(C(F)(F)F)C(F)(F)F)cc1C(=O)O.Cc1ccc(C(c2ccc(N3C(=O)c4ccc(Oc5ccc6c(c5)C(=O)N(C)C6=O)cc4C3=O)cc2)(C(F)(F)F)C(F)(F)F)cc1.Nc1ccc(C(c2ccc(N)cc2)(C(F)(F)F)C(F)(F)F)cc1.O=C1OC(=O)c2cc(Oc3ccc4c(c3)C(=O)OC4=O)ccc21.O=C=O. The van der Waals surface area contributed by atoms with Crippen LogP contribution in [-0.4, -0.2) is 138 Å². The molecular weight excluding hydrogens is 2030 g/mol. The molecule has 0 fully saturated rings. The summed E-state index contributed by atoms with van der Waals surface area (Å²) >= 11 is 0. The number of esters is 4. The number of ketones is 2. The molecule has 148 heavy (non-hydrogen) atoms. The number of fused-ring (bicyclic) bond motifs is 4. The summed E-state index contributed by atoms with van der Waals surface area (Å²) in [5.74, 6) is -8.58. The lowest BCUT2D eigenvalue weighted by Crippen LogP contribution is -2.54. The maximum atomic E-state index is 14.7. The third-order valence-corrected chi connectivity index (χ3v) is 23.9. The molecule has 46 heteroatoms. The summed E-state index contributed by atoms with van der Waals surface area (Å²) < 4.78 is 364. The molecule has 12 aromatic rings. The van der Waals surface area contributed by atoms with Gasteiger partial charge in [0.05, 0.1) is 55.8 Å². The van der Waals surface area contributed by atoms with E-state index in [0.717, 1.165) is 114 Å². The summed E-state index contributed by atoms with van der Waals surface area (Å²) in [6.07, 6.45) is -47.7. The first kappa shape index (κ1) is 110. The van der Waals surface area contributed by atoms with Crippen molar-refractivity contribution in [2.75, 3.05) is 23.4 Å². The van der Waals surface area contributed by atoms with E-state index in [9.17, 15) is 163 Å². The van der Waals surface area contributed by atoms with Gasteiger partial charge in [0.15, 0.2) is 11.6 Å². The molecule has 4 aliphatic heterocycles. The minimum atomic E-state index is -6.16. The summed E-state index contributed by atoms with van der Waals surface area (Å²) in [4.78, 5) is 152. The van der Waals surface area contributed by atoms with Crippen LogP contribution in [0.25, 0.3) is 0 Å². The lowest BCUT2D eigenvalue weighted by Gasteiger charge is -2.38. The number of nitrogen functional groups attached to an aromatic ring is 2. The molecule has 12 aromatic carbocycles. The number of rotatable bonds is 19. The predicted molar refractivity (Wildman–Crippen MR) is 469 cm³/mol. The van der Waals surface area contributed by atoms with E-state index < -0.39 is 204 Å². The van der Waals surface area contributed by atoms with Gasteiger partial charge in [-0.15, -0.1) is 0 Å².